The molecule has 3 nitrogen and oxygen atoms in total. The van der Waals surface area contributed by atoms with Gasteiger partial charge in [0.1, 0.15) is 5.82 Å². The highest BCUT2D eigenvalue weighted by atomic mass is 35.5. The number of carbonyl (C=O) groups excluding carboxylic acids is 2. The second kappa shape index (κ2) is 4.45. The summed E-state index contributed by atoms with van der Waals surface area (Å²) in [6.45, 7) is 1.70. The summed E-state index contributed by atoms with van der Waals surface area (Å²) in [6.07, 6.45) is 0.246. The van der Waals surface area contributed by atoms with Gasteiger partial charge in [0.05, 0.1) is 11.1 Å². The molecule has 1 aliphatic heterocycles. The van der Waals surface area contributed by atoms with E-state index in [1.165, 1.54) is 24.0 Å². The van der Waals surface area contributed by atoms with Crippen molar-refractivity contribution < 1.29 is 14.0 Å². The van der Waals surface area contributed by atoms with Gasteiger partial charge in [-0.25, -0.2) is 4.39 Å². The van der Waals surface area contributed by atoms with Crippen LogP contribution in [0.4, 0.5) is 10.1 Å². The summed E-state index contributed by atoms with van der Waals surface area (Å²) < 4.78 is 13.1. The molecule has 2 rings (SSSR count). The van der Waals surface area contributed by atoms with Gasteiger partial charge in [0.25, 0.3) is 0 Å². The van der Waals surface area contributed by atoms with E-state index in [0.717, 1.165) is 6.07 Å². The maximum atomic E-state index is 13.1. The van der Waals surface area contributed by atoms with Crippen molar-refractivity contribution in [3.8, 4) is 0 Å². The van der Waals surface area contributed by atoms with Crippen LogP contribution in [-0.2, 0) is 4.79 Å². The van der Waals surface area contributed by atoms with Gasteiger partial charge in [0, 0.05) is 18.5 Å². The third-order valence-corrected chi connectivity index (χ3v) is 3.00. The molecule has 0 saturated carbocycles. The first-order chi connectivity index (χ1) is 7.99. The highest BCUT2D eigenvalue weighted by molar-refractivity contribution is 6.24. The van der Waals surface area contributed by atoms with E-state index < -0.39 is 5.82 Å². The molecule has 17 heavy (non-hydrogen) atoms. The van der Waals surface area contributed by atoms with Gasteiger partial charge in [-0.3, -0.25) is 9.59 Å². The molecule has 0 aliphatic carbocycles. The molecule has 90 valence electrons. The zero-order valence-corrected chi connectivity index (χ0v) is 10.00. The first kappa shape index (κ1) is 12.0. The van der Waals surface area contributed by atoms with Crippen molar-refractivity contribution in [2.75, 3.05) is 11.4 Å². The lowest BCUT2D eigenvalue weighted by Gasteiger charge is -2.18. The Hall–Kier alpha value is -1.42. The number of amides is 1. The van der Waals surface area contributed by atoms with E-state index in [1.54, 1.807) is 0 Å². The number of rotatable bonds is 2. The molecule has 1 heterocycles. The number of Topliss-reactive ketones (excluding diaryl/α,β-unsaturated/α-hetero) is 1. The summed E-state index contributed by atoms with van der Waals surface area (Å²) in [4.78, 5) is 24.5. The van der Waals surface area contributed by atoms with Crippen molar-refractivity contribution in [3.05, 3.63) is 29.6 Å². The maximum absolute atomic E-state index is 13.1. The summed E-state index contributed by atoms with van der Waals surface area (Å²) in [6, 6.07) is 3.82. The van der Waals surface area contributed by atoms with Gasteiger partial charge in [0.2, 0.25) is 5.91 Å². The molecule has 1 atom stereocenters. The summed E-state index contributed by atoms with van der Waals surface area (Å²) in [5.41, 5.74) is 0.649. The molecule has 1 unspecified atom stereocenters. The molecule has 0 radical (unpaired) electrons. The minimum absolute atomic E-state index is 0.140. The number of nitrogens with zero attached hydrogens (tertiary/aromatic N) is 1. The summed E-state index contributed by atoms with van der Waals surface area (Å²) in [5, 5.41) is -0.257. The highest BCUT2D eigenvalue weighted by Gasteiger charge is 2.31. The van der Waals surface area contributed by atoms with Crippen molar-refractivity contribution >= 4 is 29.0 Å². The zero-order chi connectivity index (χ0) is 12.6. The molecule has 0 spiro atoms. The number of halogens is 2. The molecule has 0 bridgehead atoms. The quantitative estimate of drug-likeness (QED) is 0.601. The van der Waals surface area contributed by atoms with Crippen LogP contribution in [0.5, 0.6) is 0 Å². The normalized spacial score (nSPS) is 19.8. The van der Waals surface area contributed by atoms with Crippen molar-refractivity contribution in [3.63, 3.8) is 0 Å². The molecule has 1 amide bonds. The lowest BCUT2D eigenvalue weighted by atomic mass is 10.1. The first-order valence-corrected chi connectivity index (χ1v) is 5.67. The molecule has 1 aliphatic rings. The average Bonchev–Trinajstić information content (AvgIpc) is 2.57. The fourth-order valence-corrected chi connectivity index (χ4v) is 2.19. The van der Waals surface area contributed by atoms with Crippen LogP contribution in [0.3, 0.4) is 0 Å². The Balaban J connectivity index is 2.45. The van der Waals surface area contributed by atoms with Crippen LogP contribution in [0.25, 0.3) is 0 Å². The van der Waals surface area contributed by atoms with Gasteiger partial charge < -0.3 is 4.90 Å². The van der Waals surface area contributed by atoms with Crippen molar-refractivity contribution in [2.45, 2.75) is 18.7 Å². The van der Waals surface area contributed by atoms with Gasteiger partial charge in [-0.15, -0.1) is 11.6 Å². The van der Waals surface area contributed by atoms with Crippen LogP contribution in [0.15, 0.2) is 18.2 Å². The standard InChI is InChI=1S/C12H11ClFNO2/c1-7(16)10-5-9(14)2-3-11(10)15-6-8(13)4-12(15)17/h2-3,5,8H,4,6H2,1H3. The second-order valence-corrected chi connectivity index (χ2v) is 4.64. The lowest BCUT2D eigenvalue weighted by Crippen LogP contribution is -2.26. The van der Waals surface area contributed by atoms with Crippen LogP contribution in [0, 0.1) is 5.82 Å². The Labute approximate surface area is 103 Å². The number of anilines is 1. The van der Waals surface area contributed by atoms with Gasteiger partial charge in [-0.2, -0.15) is 0 Å². The maximum Gasteiger partial charge on any atom is 0.228 e. The van der Waals surface area contributed by atoms with E-state index in [1.807, 2.05) is 0 Å². The second-order valence-electron chi connectivity index (χ2n) is 4.02. The highest BCUT2D eigenvalue weighted by Crippen LogP contribution is 2.28. The summed E-state index contributed by atoms with van der Waals surface area (Å²) in [5.74, 6) is -0.905. The number of carbonyl (C=O) groups is 2. The van der Waals surface area contributed by atoms with E-state index in [0.29, 0.717) is 12.2 Å². The van der Waals surface area contributed by atoms with Gasteiger partial charge in [-0.1, -0.05) is 0 Å². The van der Waals surface area contributed by atoms with Crippen LogP contribution < -0.4 is 4.90 Å². The van der Waals surface area contributed by atoms with E-state index >= 15 is 0 Å². The SMILES string of the molecule is CC(=O)c1cc(F)ccc1N1CC(Cl)CC1=O. The molecule has 0 aromatic heterocycles. The smallest absolute Gasteiger partial charge is 0.228 e. The molecule has 1 aromatic rings. The van der Waals surface area contributed by atoms with Crippen molar-refractivity contribution in [2.24, 2.45) is 0 Å². The van der Waals surface area contributed by atoms with Crippen molar-refractivity contribution in [1.29, 1.82) is 0 Å². The Bertz CT molecular complexity index is 489. The first-order valence-electron chi connectivity index (χ1n) is 5.24. The molecule has 1 saturated heterocycles. The number of hydrogen-bond acceptors (Lipinski definition) is 2. The third kappa shape index (κ3) is 2.31. The monoisotopic (exact) mass is 255 g/mol. The number of ketones is 1. The lowest BCUT2D eigenvalue weighted by molar-refractivity contribution is -0.117. The Morgan fingerprint density at radius 2 is 2.24 bits per heavy atom. The molecule has 1 fully saturated rings. The third-order valence-electron chi connectivity index (χ3n) is 2.71. The van der Waals surface area contributed by atoms with E-state index in [-0.39, 0.29) is 29.1 Å². The van der Waals surface area contributed by atoms with Gasteiger partial charge >= 0.3 is 0 Å². The largest absolute Gasteiger partial charge is 0.310 e. The molecular formula is C12H11ClFNO2. The fourth-order valence-electron chi connectivity index (χ4n) is 1.92. The summed E-state index contributed by atoms with van der Waals surface area (Å²) in [7, 11) is 0. The van der Waals surface area contributed by atoms with Gasteiger partial charge in [0.15, 0.2) is 5.78 Å². The Morgan fingerprint density at radius 3 is 2.76 bits per heavy atom. The fraction of sp³-hybridized carbons (Fsp3) is 0.333. The topological polar surface area (TPSA) is 37.4 Å². The van der Waals surface area contributed by atoms with E-state index in [9.17, 15) is 14.0 Å². The molecule has 5 heteroatoms. The van der Waals surface area contributed by atoms with Crippen LogP contribution >= 0.6 is 11.6 Å². The predicted octanol–water partition coefficient (Wildman–Crippen LogP) is 2.37. The molecule has 0 N–H and O–H groups in total. The number of hydrogen-bond donors (Lipinski definition) is 0. The minimum Gasteiger partial charge on any atom is -0.310 e. The molecular weight excluding hydrogens is 245 g/mol. The zero-order valence-electron chi connectivity index (χ0n) is 9.24. The molecule has 1 aromatic carbocycles. The predicted molar refractivity (Wildman–Crippen MR) is 63.0 cm³/mol. The van der Waals surface area contributed by atoms with E-state index in [2.05, 4.69) is 0 Å². The van der Waals surface area contributed by atoms with Gasteiger partial charge in [-0.05, 0) is 25.1 Å². The van der Waals surface area contributed by atoms with E-state index in [4.69, 9.17) is 11.6 Å². The number of benzene rings is 1. The minimum atomic E-state index is -0.493. The average molecular weight is 256 g/mol. The Kier molecular flexibility index (Phi) is 3.15. The summed E-state index contributed by atoms with van der Waals surface area (Å²) >= 11 is 5.89. The van der Waals surface area contributed by atoms with Crippen molar-refractivity contribution in [1.82, 2.24) is 0 Å². The van der Waals surface area contributed by atoms with Crippen LogP contribution in [0.2, 0.25) is 0 Å². The van der Waals surface area contributed by atoms with Crippen LogP contribution in [-0.4, -0.2) is 23.6 Å². The number of alkyl halides is 1. The van der Waals surface area contributed by atoms with Crippen LogP contribution in [0.1, 0.15) is 23.7 Å². The Morgan fingerprint density at radius 1 is 1.53 bits per heavy atom.